The highest BCUT2D eigenvalue weighted by Crippen LogP contribution is 2.21. The second-order valence-corrected chi connectivity index (χ2v) is 5.78. The lowest BCUT2D eigenvalue weighted by Crippen LogP contribution is -3.10. The van der Waals surface area contributed by atoms with Gasteiger partial charge in [-0.05, 0) is 23.6 Å². The number of rotatable bonds is 7. The fourth-order valence-corrected chi connectivity index (χ4v) is 2.64. The second kappa shape index (κ2) is 8.17. The maximum atomic E-state index is 11.9. The van der Waals surface area contributed by atoms with Gasteiger partial charge in [0.15, 0.2) is 6.54 Å². The number of para-hydroxylation sites is 1. The molecule has 2 aromatic rings. The summed E-state index contributed by atoms with van der Waals surface area (Å²) >= 11 is 1.36. The lowest BCUT2D eigenvalue weighted by Gasteiger charge is -2.14. The minimum Gasteiger partial charge on any atom is -0.488 e. The standard InChI is InChI=1S/C16H17N3O2S/c1-19(8-9-21-14-5-3-2-4-6-14)12-15(20)18-16-13(11-17)7-10-22-16/h2-7,10H,8-9,12H2,1H3,(H,18,20)/p+1. The topological polar surface area (TPSA) is 66.6 Å². The van der Waals surface area contributed by atoms with Crippen LogP contribution >= 0.6 is 11.3 Å². The first-order valence-electron chi connectivity index (χ1n) is 6.95. The second-order valence-electron chi connectivity index (χ2n) is 4.87. The quantitative estimate of drug-likeness (QED) is 0.805. The van der Waals surface area contributed by atoms with Crippen molar-refractivity contribution in [1.82, 2.24) is 0 Å². The monoisotopic (exact) mass is 316 g/mol. The van der Waals surface area contributed by atoms with Gasteiger partial charge in [-0.1, -0.05) is 18.2 Å². The molecule has 0 radical (unpaired) electrons. The zero-order chi connectivity index (χ0) is 15.8. The number of nitrogens with one attached hydrogen (secondary N) is 2. The van der Waals surface area contributed by atoms with Crippen LogP contribution in [0.4, 0.5) is 5.00 Å². The van der Waals surface area contributed by atoms with Gasteiger partial charge in [-0.3, -0.25) is 4.79 Å². The van der Waals surface area contributed by atoms with E-state index < -0.39 is 0 Å². The Morgan fingerprint density at radius 2 is 2.14 bits per heavy atom. The van der Waals surface area contributed by atoms with Gasteiger partial charge in [0.2, 0.25) is 0 Å². The van der Waals surface area contributed by atoms with Crippen LogP contribution in [0.2, 0.25) is 0 Å². The number of nitriles is 1. The molecule has 0 spiro atoms. The number of carbonyl (C=O) groups excluding carboxylic acids is 1. The summed E-state index contributed by atoms with van der Waals surface area (Å²) < 4.78 is 5.61. The molecule has 114 valence electrons. The van der Waals surface area contributed by atoms with E-state index in [4.69, 9.17) is 10.00 Å². The van der Waals surface area contributed by atoms with E-state index >= 15 is 0 Å². The molecule has 2 rings (SSSR count). The third kappa shape index (κ3) is 4.88. The van der Waals surface area contributed by atoms with Crippen molar-refractivity contribution < 1.29 is 14.4 Å². The van der Waals surface area contributed by atoms with Gasteiger partial charge in [0.25, 0.3) is 5.91 Å². The molecule has 1 atom stereocenters. The number of ether oxygens (including phenoxy) is 1. The van der Waals surface area contributed by atoms with Crippen molar-refractivity contribution in [2.45, 2.75) is 0 Å². The van der Waals surface area contributed by atoms with E-state index in [9.17, 15) is 4.79 Å². The molecule has 1 heterocycles. The first-order chi connectivity index (χ1) is 10.7. The van der Waals surface area contributed by atoms with Crippen molar-refractivity contribution in [3.05, 3.63) is 47.3 Å². The smallest absolute Gasteiger partial charge is 0.280 e. The lowest BCUT2D eigenvalue weighted by molar-refractivity contribution is -0.871. The Labute approximate surface area is 133 Å². The van der Waals surface area contributed by atoms with Crippen molar-refractivity contribution in [1.29, 1.82) is 5.26 Å². The predicted molar refractivity (Wildman–Crippen MR) is 86.2 cm³/mol. The van der Waals surface area contributed by atoms with Crippen LogP contribution in [0.1, 0.15) is 5.56 Å². The minimum absolute atomic E-state index is 0.101. The summed E-state index contributed by atoms with van der Waals surface area (Å²) in [7, 11) is 1.94. The third-order valence-electron chi connectivity index (χ3n) is 3.04. The number of anilines is 1. The lowest BCUT2D eigenvalue weighted by atomic mass is 10.3. The molecule has 6 heteroatoms. The molecule has 1 unspecified atom stereocenters. The predicted octanol–water partition coefficient (Wildman–Crippen LogP) is 1.15. The van der Waals surface area contributed by atoms with Gasteiger partial charge < -0.3 is 15.0 Å². The summed E-state index contributed by atoms with van der Waals surface area (Å²) in [5, 5.41) is 14.1. The average Bonchev–Trinajstić information content (AvgIpc) is 2.95. The number of nitrogens with zero attached hydrogens (tertiary/aromatic N) is 1. The van der Waals surface area contributed by atoms with Gasteiger partial charge in [-0.25, -0.2) is 0 Å². The van der Waals surface area contributed by atoms with Gasteiger partial charge in [0.1, 0.15) is 30.0 Å². The van der Waals surface area contributed by atoms with Crippen LogP contribution in [0.25, 0.3) is 0 Å². The van der Waals surface area contributed by atoms with Crippen molar-refractivity contribution in [3.8, 4) is 11.8 Å². The molecule has 0 saturated heterocycles. The molecule has 1 aromatic heterocycles. The van der Waals surface area contributed by atoms with Crippen molar-refractivity contribution in [2.75, 3.05) is 32.1 Å². The maximum absolute atomic E-state index is 11.9. The summed E-state index contributed by atoms with van der Waals surface area (Å²) in [6, 6.07) is 13.4. The maximum Gasteiger partial charge on any atom is 0.280 e. The highest BCUT2D eigenvalue weighted by Gasteiger charge is 2.13. The summed E-state index contributed by atoms with van der Waals surface area (Å²) in [6.07, 6.45) is 0. The summed E-state index contributed by atoms with van der Waals surface area (Å²) in [6.45, 7) is 1.60. The average molecular weight is 316 g/mol. The Hall–Kier alpha value is -2.36. The largest absolute Gasteiger partial charge is 0.488 e. The van der Waals surface area contributed by atoms with Gasteiger partial charge in [0.05, 0.1) is 12.6 Å². The summed E-state index contributed by atoms with van der Waals surface area (Å²) in [5.41, 5.74) is 0.503. The molecule has 0 saturated carbocycles. The van der Waals surface area contributed by atoms with Crippen molar-refractivity contribution >= 4 is 22.2 Å². The minimum atomic E-state index is -0.101. The van der Waals surface area contributed by atoms with Gasteiger partial charge in [0, 0.05) is 0 Å². The number of likely N-dealkylation sites (N-methyl/N-ethyl adjacent to an activating group) is 1. The molecule has 1 aromatic carbocycles. The zero-order valence-electron chi connectivity index (χ0n) is 12.3. The number of hydrogen-bond donors (Lipinski definition) is 2. The van der Waals surface area contributed by atoms with E-state index in [1.807, 2.05) is 37.4 Å². The highest BCUT2D eigenvalue weighted by atomic mass is 32.1. The van der Waals surface area contributed by atoms with Crippen molar-refractivity contribution in [2.24, 2.45) is 0 Å². The Bertz CT molecular complexity index is 649. The SMILES string of the molecule is C[NH+](CCOc1ccccc1)CC(=O)Nc1sccc1C#N. The molecule has 0 fully saturated rings. The van der Waals surface area contributed by atoms with Gasteiger partial charge >= 0.3 is 0 Å². The van der Waals surface area contributed by atoms with Crippen LogP contribution in [-0.2, 0) is 4.79 Å². The number of amides is 1. The van der Waals surface area contributed by atoms with E-state index in [1.54, 1.807) is 11.4 Å². The van der Waals surface area contributed by atoms with E-state index in [-0.39, 0.29) is 5.91 Å². The van der Waals surface area contributed by atoms with Crippen LogP contribution in [0.3, 0.4) is 0 Å². The number of hydrogen-bond acceptors (Lipinski definition) is 4. The van der Waals surface area contributed by atoms with Crippen LogP contribution in [-0.4, -0.2) is 32.7 Å². The Balaban J connectivity index is 1.71. The fraction of sp³-hybridized carbons (Fsp3) is 0.250. The van der Waals surface area contributed by atoms with Crippen LogP contribution in [0.5, 0.6) is 5.75 Å². The molecule has 0 bridgehead atoms. The molecule has 22 heavy (non-hydrogen) atoms. The van der Waals surface area contributed by atoms with E-state index in [0.29, 0.717) is 23.7 Å². The van der Waals surface area contributed by atoms with Crippen LogP contribution in [0.15, 0.2) is 41.8 Å². The first kappa shape index (κ1) is 16.0. The molecule has 0 aliphatic rings. The molecule has 5 nitrogen and oxygen atoms in total. The zero-order valence-corrected chi connectivity index (χ0v) is 13.2. The van der Waals surface area contributed by atoms with Gasteiger partial charge in [-0.2, -0.15) is 5.26 Å². The number of benzene rings is 1. The third-order valence-corrected chi connectivity index (χ3v) is 3.87. The van der Waals surface area contributed by atoms with Crippen molar-refractivity contribution in [3.63, 3.8) is 0 Å². The summed E-state index contributed by atoms with van der Waals surface area (Å²) in [5.74, 6) is 0.730. The number of thiophene rings is 1. The number of quaternary nitrogens is 1. The molecule has 1 amide bonds. The Kier molecular flexibility index (Phi) is 5.95. The van der Waals surface area contributed by atoms with E-state index in [0.717, 1.165) is 17.2 Å². The summed E-state index contributed by atoms with van der Waals surface area (Å²) in [4.78, 5) is 13.0. The number of carbonyl (C=O) groups is 1. The molecule has 2 N–H and O–H groups in total. The van der Waals surface area contributed by atoms with Crippen LogP contribution in [0, 0.1) is 11.3 Å². The molecular weight excluding hydrogens is 298 g/mol. The van der Waals surface area contributed by atoms with E-state index in [1.165, 1.54) is 11.3 Å². The highest BCUT2D eigenvalue weighted by molar-refractivity contribution is 7.14. The van der Waals surface area contributed by atoms with E-state index in [2.05, 4.69) is 11.4 Å². The molecule has 0 aliphatic heterocycles. The normalized spacial score (nSPS) is 11.5. The van der Waals surface area contributed by atoms with Crippen LogP contribution < -0.4 is 15.0 Å². The molecular formula is C16H18N3O2S+. The van der Waals surface area contributed by atoms with Gasteiger partial charge in [-0.15, -0.1) is 11.3 Å². The Morgan fingerprint density at radius 1 is 1.36 bits per heavy atom. The fourth-order valence-electron chi connectivity index (χ4n) is 1.89. The molecule has 0 aliphatic carbocycles. The Morgan fingerprint density at radius 3 is 2.86 bits per heavy atom. The first-order valence-corrected chi connectivity index (χ1v) is 7.83.